The van der Waals surface area contributed by atoms with Crippen LogP contribution in [0.1, 0.15) is 79.6 Å². The molecular formula is C43H46N6O4S. The molecule has 3 unspecified atom stereocenters. The maximum absolute atomic E-state index is 13.3. The molecule has 5 aliphatic rings. The number of rotatable bonds is 11. The summed E-state index contributed by atoms with van der Waals surface area (Å²) in [4.78, 5) is 13.3. The predicted octanol–water partition coefficient (Wildman–Crippen LogP) is 7.93. The summed E-state index contributed by atoms with van der Waals surface area (Å²) in [7, 11) is 0. The molecule has 10 rings (SSSR count). The molecule has 4 aromatic carbocycles. The van der Waals surface area contributed by atoms with Crippen molar-refractivity contribution in [1.82, 2.24) is 30.8 Å². The standard InChI is InChI=1S/C43H46N6O4S/c50-26-28-10-12-33(13-11-28)39-21-37(27-54-42-46-47-48-49(42)36-7-2-1-3-8-36)52-40(53-39)34-16-14-32(15-17-34)38-9-5-4-6-35(38)25-44-41(51)45-43-22-29-18-30(23-43)20-31(19-29)24-43/h1-17,29-31,37,39-40,50H,18-27H2,(H2,44,45,51). The average Bonchev–Trinajstić information content (AvgIpc) is 3.68. The van der Waals surface area contributed by atoms with Crippen LogP contribution in [0.4, 0.5) is 4.79 Å². The van der Waals surface area contributed by atoms with Crippen molar-refractivity contribution in [1.29, 1.82) is 0 Å². The van der Waals surface area contributed by atoms with E-state index in [1.54, 1.807) is 16.4 Å². The SMILES string of the molecule is O=C(NCc1ccccc1-c1ccc(C2OC(CSc3nnnn3-c3ccccc3)CC(c3ccc(CO)cc3)O2)cc1)NC12CC3CC(CC(C3)C1)C2. The minimum Gasteiger partial charge on any atom is -0.392 e. The predicted molar refractivity (Wildman–Crippen MR) is 206 cm³/mol. The molecule has 4 bridgehead atoms. The summed E-state index contributed by atoms with van der Waals surface area (Å²) in [5.74, 6) is 2.98. The first-order chi connectivity index (χ1) is 26.5. The lowest BCUT2D eigenvalue weighted by molar-refractivity contribution is -0.245. The molecule has 3 N–H and O–H groups in total. The molecule has 4 aliphatic carbocycles. The topological polar surface area (TPSA) is 123 Å². The maximum atomic E-state index is 13.3. The van der Waals surface area contributed by atoms with E-state index >= 15 is 0 Å². The van der Waals surface area contributed by atoms with Gasteiger partial charge in [0.2, 0.25) is 5.16 Å². The van der Waals surface area contributed by atoms with Gasteiger partial charge in [0.25, 0.3) is 0 Å². The Bertz CT molecular complexity index is 2020. The highest BCUT2D eigenvalue weighted by atomic mass is 32.2. The Morgan fingerprint density at radius 2 is 1.50 bits per heavy atom. The number of amides is 2. The summed E-state index contributed by atoms with van der Waals surface area (Å²) < 4.78 is 15.0. The second kappa shape index (κ2) is 15.3. The van der Waals surface area contributed by atoms with Gasteiger partial charge in [0.05, 0.1) is 24.5 Å². The van der Waals surface area contributed by atoms with Crippen LogP contribution in [0.25, 0.3) is 16.8 Å². The van der Waals surface area contributed by atoms with Gasteiger partial charge in [0.1, 0.15) is 0 Å². The van der Waals surface area contributed by atoms with Crippen molar-refractivity contribution in [2.45, 2.75) is 87.3 Å². The van der Waals surface area contributed by atoms with Gasteiger partial charge in [-0.1, -0.05) is 103 Å². The van der Waals surface area contributed by atoms with Gasteiger partial charge in [-0.2, -0.15) is 4.68 Å². The van der Waals surface area contributed by atoms with Crippen LogP contribution in [0.3, 0.4) is 0 Å². The summed E-state index contributed by atoms with van der Waals surface area (Å²) in [6, 6.07) is 34.3. The fraction of sp³-hybridized carbons (Fsp3) is 0.395. The molecule has 278 valence electrons. The van der Waals surface area contributed by atoms with Crippen molar-refractivity contribution >= 4 is 17.8 Å². The third-order valence-electron chi connectivity index (χ3n) is 11.8. The van der Waals surface area contributed by atoms with Crippen LogP contribution in [-0.4, -0.2) is 48.7 Å². The summed E-state index contributed by atoms with van der Waals surface area (Å²) in [6.45, 7) is 0.447. The third-order valence-corrected chi connectivity index (χ3v) is 12.9. The Morgan fingerprint density at radius 3 is 2.22 bits per heavy atom. The fourth-order valence-corrected chi connectivity index (χ4v) is 10.6. The monoisotopic (exact) mass is 742 g/mol. The van der Waals surface area contributed by atoms with E-state index in [9.17, 15) is 9.90 Å². The van der Waals surface area contributed by atoms with Gasteiger partial charge < -0.3 is 25.2 Å². The van der Waals surface area contributed by atoms with Crippen LogP contribution in [0.2, 0.25) is 0 Å². The molecule has 1 aromatic heterocycles. The number of aliphatic hydroxyl groups excluding tert-OH is 1. The number of para-hydroxylation sites is 1. The number of nitrogens with zero attached hydrogens (tertiary/aromatic N) is 4. The molecule has 0 spiro atoms. The van der Waals surface area contributed by atoms with Gasteiger partial charge in [-0.05, 0) is 107 Å². The molecule has 2 heterocycles. The van der Waals surface area contributed by atoms with E-state index in [0.29, 0.717) is 23.9 Å². The van der Waals surface area contributed by atoms with Gasteiger partial charge in [-0.25, -0.2) is 4.79 Å². The number of hydrogen-bond acceptors (Lipinski definition) is 8. The van der Waals surface area contributed by atoms with Crippen molar-refractivity contribution in [2.24, 2.45) is 17.8 Å². The van der Waals surface area contributed by atoms with Gasteiger partial charge in [0.15, 0.2) is 6.29 Å². The largest absolute Gasteiger partial charge is 0.392 e. The van der Waals surface area contributed by atoms with Gasteiger partial charge in [0, 0.05) is 29.8 Å². The molecule has 0 radical (unpaired) electrons. The van der Waals surface area contributed by atoms with Crippen LogP contribution in [-0.2, 0) is 22.6 Å². The number of thioether (sulfide) groups is 1. The van der Waals surface area contributed by atoms with Crippen molar-refractivity contribution in [3.05, 3.63) is 125 Å². The number of hydrogen-bond donors (Lipinski definition) is 3. The fourth-order valence-electron chi connectivity index (χ4n) is 9.69. The van der Waals surface area contributed by atoms with Gasteiger partial charge in [-0.15, -0.1) is 5.10 Å². The van der Waals surface area contributed by atoms with Crippen LogP contribution in [0, 0.1) is 17.8 Å². The first-order valence-electron chi connectivity index (χ1n) is 19.2. The first-order valence-corrected chi connectivity index (χ1v) is 20.2. The lowest BCUT2D eigenvalue weighted by atomic mass is 9.53. The number of tetrazole rings is 1. The van der Waals surface area contributed by atoms with Crippen molar-refractivity contribution in [2.75, 3.05) is 5.75 Å². The Balaban J connectivity index is 0.888. The van der Waals surface area contributed by atoms with E-state index in [1.165, 1.54) is 19.3 Å². The molecular weight excluding hydrogens is 697 g/mol. The molecule has 54 heavy (non-hydrogen) atoms. The molecule has 5 aromatic rings. The molecule has 3 atom stereocenters. The first kappa shape index (κ1) is 35.2. The zero-order chi connectivity index (χ0) is 36.5. The van der Waals surface area contributed by atoms with E-state index in [4.69, 9.17) is 9.47 Å². The maximum Gasteiger partial charge on any atom is 0.315 e. The minimum atomic E-state index is -0.587. The molecule has 11 heteroatoms. The molecule has 5 fully saturated rings. The van der Waals surface area contributed by atoms with E-state index in [2.05, 4.69) is 62.6 Å². The number of nitrogens with one attached hydrogen (secondary N) is 2. The van der Waals surface area contributed by atoms with E-state index in [1.807, 2.05) is 66.7 Å². The second-order valence-corrected chi connectivity index (χ2v) is 16.6. The Morgan fingerprint density at radius 1 is 0.815 bits per heavy atom. The van der Waals surface area contributed by atoms with Crippen molar-refractivity contribution in [3.63, 3.8) is 0 Å². The lowest BCUT2D eigenvalue weighted by Crippen LogP contribution is -2.61. The Labute approximate surface area is 320 Å². The summed E-state index contributed by atoms with van der Waals surface area (Å²) in [5.41, 5.74) is 6.90. The summed E-state index contributed by atoms with van der Waals surface area (Å²) in [6.07, 6.45) is 7.18. The molecule has 4 saturated carbocycles. The van der Waals surface area contributed by atoms with Crippen LogP contribution >= 0.6 is 11.8 Å². The highest BCUT2D eigenvalue weighted by Gasteiger charge is 2.51. The molecule has 1 aliphatic heterocycles. The highest BCUT2D eigenvalue weighted by Crippen LogP contribution is 2.55. The van der Waals surface area contributed by atoms with Crippen LogP contribution < -0.4 is 10.6 Å². The van der Waals surface area contributed by atoms with Crippen LogP contribution in [0.15, 0.2) is 108 Å². The Hall–Kier alpha value is -4.55. The second-order valence-electron chi connectivity index (χ2n) is 15.7. The van der Waals surface area contributed by atoms with E-state index in [0.717, 1.165) is 76.1 Å². The average molecular weight is 743 g/mol. The van der Waals surface area contributed by atoms with E-state index in [-0.39, 0.29) is 30.4 Å². The number of aliphatic hydroxyl groups is 1. The third kappa shape index (κ3) is 7.55. The Kier molecular flexibility index (Phi) is 9.96. The smallest absolute Gasteiger partial charge is 0.315 e. The van der Waals surface area contributed by atoms with Gasteiger partial charge in [-0.3, -0.25) is 0 Å². The number of benzene rings is 4. The summed E-state index contributed by atoms with van der Waals surface area (Å²) >= 11 is 1.56. The van der Waals surface area contributed by atoms with Crippen molar-refractivity contribution < 1.29 is 19.4 Å². The number of urea groups is 1. The molecule has 2 amide bonds. The number of carbonyl (C=O) groups excluding carboxylic acids is 1. The quantitative estimate of drug-likeness (QED) is 0.117. The van der Waals surface area contributed by atoms with Gasteiger partial charge >= 0.3 is 6.03 Å². The van der Waals surface area contributed by atoms with Crippen molar-refractivity contribution in [3.8, 4) is 16.8 Å². The number of carbonyl (C=O) groups is 1. The molecule has 10 nitrogen and oxygen atoms in total. The zero-order valence-electron chi connectivity index (χ0n) is 30.2. The number of ether oxygens (including phenoxy) is 2. The molecule has 1 saturated heterocycles. The minimum absolute atomic E-state index is 0.00643. The summed E-state index contributed by atoms with van der Waals surface area (Å²) in [5, 5.41) is 29.4. The lowest BCUT2D eigenvalue weighted by Gasteiger charge is -2.56. The zero-order valence-corrected chi connectivity index (χ0v) is 31.0. The normalized spacial score (nSPS) is 27.1. The number of aromatic nitrogens is 4. The highest BCUT2D eigenvalue weighted by molar-refractivity contribution is 7.99. The van der Waals surface area contributed by atoms with E-state index < -0.39 is 6.29 Å². The van der Waals surface area contributed by atoms with Crippen LogP contribution in [0.5, 0.6) is 0 Å².